The first-order valence-electron chi connectivity index (χ1n) is 7.18. The van der Waals surface area contributed by atoms with Crippen LogP contribution in [0.5, 0.6) is 0 Å². The molecule has 1 aromatic carbocycles. The highest BCUT2D eigenvalue weighted by Gasteiger charge is 2.39. The number of rotatable bonds is 1. The minimum Gasteiger partial charge on any atom is -0.475 e. The van der Waals surface area contributed by atoms with Crippen LogP contribution in [0.1, 0.15) is 25.7 Å². The van der Waals surface area contributed by atoms with E-state index in [0.29, 0.717) is 18.1 Å². The number of para-hydroxylation sites is 1. The molecule has 0 aromatic heterocycles. The number of halogens is 3. The molecule has 0 saturated carbocycles. The lowest BCUT2D eigenvalue weighted by Gasteiger charge is -2.39. The van der Waals surface area contributed by atoms with Gasteiger partial charge in [-0.3, -0.25) is 0 Å². The largest absolute Gasteiger partial charge is 0.490 e. The zero-order valence-corrected chi connectivity index (χ0v) is 12.0. The second-order valence-corrected chi connectivity index (χ2v) is 5.66. The molecule has 1 unspecified atom stereocenters. The zero-order valence-electron chi connectivity index (χ0n) is 12.0. The summed E-state index contributed by atoms with van der Waals surface area (Å²) >= 11 is 0. The number of nitrogens with two attached hydrogens (primary N) is 1. The molecule has 0 radical (unpaired) electrons. The lowest BCUT2D eigenvalue weighted by molar-refractivity contribution is -0.192. The molecule has 4 nitrogen and oxygen atoms in total. The highest BCUT2D eigenvalue weighted by atomic mass is 19.4. The van der Waals surface area contributed by atoms with Crippen LogP contribution in [0.15, 0.2) is 30.3 Å². The number of alkyl halides is 3. The predicted octanol–water partition coefficient (Wildman–Crippen LogP) is 2.78. The molecule has 2 heterocycles. The van der Waals surface area contributed by atoms with Gasteiger partial charge in [-0.25, -0.2) is 4.79 Å². The Morgan fingerprint density at radius 1 is 1.14 bits per heavy atom. The Kier molecular flexibility index (Phi) is 4.95. The summed E-state index contributed by atoms with van der Waals surface area (Å²) in [5.41, 5.74) is 7.46. The standard InChI is InChI=1S/C13H18N2.C2HF3O2/c14-10-8-12-6-7-13(9-10)15(12)11-4-2-1-3-5-11;3-2(4,5)1(6)7/h1-5,10,12-13H,6-9,14H2;(H,6,7)/t10?,12-,13+;. The number of fused-ring (bicyclic) bond motifs is 2. The van der Waals surface area contributed by atoms with Crippen molar-refractivity contribution in [3.05, 3.63) is 30.3 Å². The van der Waals surface area contributed by atoms with Crippen LogP contribution in [-0.2, 0) is 4.79 Å². The lowest BCUT2D eigenvalue weighted by atomic mass is 9.97. The van der Waals surface area contributed by atoms with E-state index in [4.69, 9.17) is 15.6 Å². The van der Waals surface area contributed by atoms with Crippen molar-refractivity contribution in [3.63, 3.8) is 0 Å². The van der Waals surface area contributed by atoms with Crippen LogP contribution in [0.3, 0.4) is 0 Å². The van der Waals surface area contributed by atoms with E-state index < -0.39 is 12.1 Å². The van der Waals surface area contributed by atoms with Gasteiger partial charge in [-0.1, -0.05) is 18.2 Å². The van der Waals surface area contributed by atoms with Crippen LogP contribution in [0, 0.1) is 0 Å². The molecule has 2 saturated heterocycles. The van der Waals surface area contributed by atoms with Crippen molar-refractivity contribution in [2.75, 3.05) is 4.90 Å². The fourth-order valence-corrected chi connectivity index (χ4v) is 3.24. The number of benzene rings is 1. The summed E-state index contributed by atoms with van der Waals surface area (Å²) in [4.78, 5) is 11.5. The van der Waals surface area contributed by atoms with Gasteiger partial charge in [0.05, 0.1) is 0 Å². The molecule has 2 fully saturated rings. The maximum absolute atomic E-state index is 10.6. The van der Waals surface area contributed by atoms with E-state index in [9.17, 15) is 13.2 Å². The van der Waals surface area contributed by atoms with Crippen molar-refractivity contribution < 1.29 is 23.1 Å². The van der Waals surface area contributed by atoms with Gasteiger partial charge in [-0.2, -0.15) is 13.2 Å². The van der Waals surface area contributed by atoms with Crippen LogP contribution < -0.4 is 10.6 Å². The third kappa shape index (κ3) is 3.91. The Hall–Kier alpha value is -1.76. The van der Waals surface area contributed by atoms with Crippen LogP contribution in [0.4, 0.5) is 18.9 Å². The number of carbonyl (C=O) groups is 1. The van der Waals surface area contributed by atoms with Crippen molar-refractivity contribution in [2.24, 2.45) is 5.73 Å². The van der Waals surface area contributed by atoms with Gasteiger partial charge in [0.1, 0.15) is 0 Å². The molecule has 2 aliphatic heterocycles. The van der Waals surface area contributed by atoms with Gasteiger partial charge in [0.2, 0.25) is 0 Å². The first-order chi connectivity index (χ1) is 10.3. The van der Waals surface area contributed by atoms with E-state index >= 15 is 0 Å². The number of hydrogen-bond acceptors (Lipinski definition) is 3. The summed E-state index contributed by atoms with van der Waals surface area (Å²) in [5, 5.41) is 7.12. The fraction of sp³-hybridized carbons (Fsp3) is 0.533. The Morgan fingerprint density at radius 3 is 2.00 bits per heavy atom. The summed E-state index contributed by atoms with van der Waals surface area (Å²) in [6.07, 6.45) is -0.0860. The van der Waals surface area contributed by atoms with Crippen LogP contribution in [-0.4, -0.2) is 35.4 Å². The Bertz CT molecular complexity index is 493. The van der Waals surface area contributed by atoms with Crippen LogP contribution >= 0.6 is 0 Å². The van der Waals surface area contributed by atoms with E-state index in [1.54, 1.807) is 0 Å². The van der Waals surface area contributed by atoms with Gasteiger partial charge in [0.15, 0.2) is 0 Å². The minimum absolute atomic E-state index is 0.433. The van der Waals surface area contributed by atoms with E-state index in [2.05, 4.69) is 35.2 Å². The molecular formula is C15H19F3N2O2. The molecule has 22 heavy (non-hydrogen) atoms. The van der Waals surface area contributed by atoms with Crippen molar-refractivity contribution in [3.8, 4) is 0 Å². The van der Waals surface area contributed by atoms with Gasteiger partial charge < -0.3 is 15.7 Å². The predicted molar refractivity (Wildman–Crippen MR) is 76.6 cm³/mol. The lowest BCUT2D eigenvalue weighted by Crippen LogP contribution is -2.47. The summed E-state index contributed by atoms with van der Waals surface area (Å²) < 4.78 is 31.7. The molecule has 0 amide bonds. The Labute approximate surface area is 126 Å². The maximum Gasteiger partial charge on any atom is 0.490 e. The molecule has 1 aromatic rings. The molecule has 122 valence electrons. The molecule has 2 aliphatic rings. The third-order valence-electron chi connectivity index (χ3n) is 4.07. The molecule has 3 atom stereocenters. The highest BCUT2D eigenvalue weighted by Crippen LogP contribution is 2.38. The monoisotopic (exact) mass is 316 g/mol. The number of aliphatic carboxylic acids is 1. The summed E-state index contributed by atoms with van der Waals surface area (Å²) in [7, 11) is 0. The average molecular weight is 316 g/mol. The summed E-state index contributed by atoms with van der Waals surface area (Å²) in [6, 6.07) is 12.6. The molecular weight excluding hydrogens is 297 g/mol. The van der Waals surface area contributed by atoms with Crippen molar-refractivity contribution in [2.45, 2.75) is 50.0 Å². The molecule has 3 N–H and O–H groups in total. The normalized spacial score (nSPS) is 27.1. The number of carboxylic acids is 1. The molecule has 7 heteroatoms. The summed E-state index contributed by atoms with van der Waals surface area (Å²) in [5.74, 6) is -2.76. The first-order valence-corrected chi connectivity index (χ1v) is 7.18. The second-order valence-electron chi connectivity index (χ2n) is 5.66. The number of piperidine rings is 1. The topological polar surface area (TPSA) is 66.6 Å². The Balaban J connectivity index is 0.000000217. The molecule has 0 spiro atoms. The van der Waals surface area contributed by atoms with Crippen molar-refractivity contribution in [1.29, 1.82) is 0 Å². The molecule has 0 aliphatic carbocycles. The molecule has 2 bridgehead atoms. The maximum atomic E-state index is 10.6. The van der Waals surface area contributed by atoms with Crippen molar-refractivity contribution in [1.82, 2.24) is 0 Å². The van der Waals surface area contributed by atoms with Crippen LogP contribution in [0.25, 0.3) is 0 Å². The first kappa shape index (κ1) is 16.6. The quantitative estimate of drug-likeness (QED) is 0.836. The molecule has 3 rings (SSSR count). The fourth-order valence-electron chi connectivity index (χ4n) is 3.24. The van der Waals surface area contributed by atoms with E-state index in [0.717, 1.165) is 0 Å². The van der Waals surface area contributed by atoms with Gasteiger partial charge in [-0.05, 0) is 37.8 Å². The van der Waals surface area contributed by atoms with E-state index in [-0.39, 0.29) is 0 Å². The van der Waals surface area contributed by atoms with Gasteiger partial charge >= 0.3 is 12.1 Å². The SMILES string of the molecule is NC1C[C@H]2CC[C@@H](C1)N2c1ccccc1.O=C(O)C(F)(F)F. The smallest absolute Gasteiger partial charge is 0.475 e. The number of anilines is 1. The van der Waals surface area contributed by atoms with E-state index in [1.807, 2.05) is 0 Å². The zero-order chi connectivity index (χ0) is 16.3. The Morgan fingerprint density at radius 2 is 1.59 bits per heavy atom. The van der Waals surface area contributed by atoms with Gasteiger partial charge in [0.25, 0.3) is 0 Å². The third-order valence-corrected chi connectivity index (χ3v) is 4.07. The van der Waals surface area contributed by atoms with E-state index in [1.165, 1.54) is 31.4 Å². The van der Waals surface area contributed by atoms with Crippen molar-refractivity contribution >= 4 is 11.7 Å². The van der Waals surface area contributed by atoms with Gasteiger partial charge in [0, 0.05) is 23.8 Å². The minimum atomic E-state index is -5.08. The van der Waals surface area contributed by atoms with Crippen LogP contribution in [0.2, 0.25) is 0 Å². The highest BCUT2D eigenvalue weighted by molar-refractivity contribution is 5.73. The summed E-state index contributed by atoms with van der Waals surface area (Å²) in [6.45, 7) is 0. The second kappa shape index (κ2) is 6.56. The number of carboxylic acid groups (broad SMARTS) is 1. The average Bonchev–Trinajstić information content (AvgIpc) is 2.71. The number of nitrogens with zero attached hydrogens (tertiary/aromatic N) is 1. The van der Waals surface area contributed by atoms with Gasteiger partial charge in [-0.15, -0.1) is 0 Å². The number of hydrogen-bond donors (Lipinski definition) is 2.